The van der Waals surface area contributed by atoms with Gasteiger partial charge in [-0.05, 0) is 55.1 Å². The van der Waals surface area contributed by atoms with E-state index < -0.39 is 0 Å². The molecule has 1 aliphatic rings. The molecule has 3 aromatic rings. The average Bonchev–Trinajstić information content (AvgIpc) is 2.75. The first-order chi connectivity index (χ1) is 14.2. The molecular formula is C22H25FN6. The molecule has 2 heterocycles. The molecule has 2 N–H and O–H groups in total. The number of likely N-dealkylation sites (N-methyl/N-ethyl adjacent to an activating group) is 1. The number of nitrogens with zero attached hydrogens (tertiary/aromatic N) is 4. The van der Waals surface area contributed by atoms with E-state index in [9.17, 15) is 4.39 Å². The maximum absolute atomic E-state index is 13.0. The number of nitrogens with one attached hydrogen (secondary N) is 2. The molecule has 0 aliphatic carbocycles. The second kappa shape index (κ2) is 8.87. The van der Waals surface area contributed by atoms with Crippen molar-refractivity contribution in [2.45, 2.75) is 6.54 Å². The number of benzene rings is 2. The Balaban J connectivity index is 1.35. The summed E-state index contributed by atoms with van der Waals surface area (Å²) in [6.07, 6.45) is 1.71. The lowest BCUT2D eigenvalue weighted by molar-refractivity contribution is 0.313. The van der Waals surface area contributed by atoms with Crippen LogP contribution in [0.4, 0.5) is 27.5 Å². The van der Waals surface area contributed by atoms with Gasteiger partial charge < -0.3 is 20.4 Å². The van der Waals surface area contributed by atoms with Gasteiger partial charge in [0.2, 0.25) is 5.95 Å². The largest absolute Gasteiger partial charge is 0.369 e. The molecule has 2 aromatic carbocycles. The van der Waals surface area contributed by atoms with E-state index in [4.69, 9.17) is 0 Å². The minimum absolute atomic E-state index is 0.235. The van der Waals surface area contributed by atoms with Crippen LogP contribution in [0.25, 0.3) is 0 Å². The van der Waals surface area contributed by atoms with E-state index in [-0.39, 0.29) is 5.82 Å². The highest BCUT2D eigenvalue weighted by atomic mass is 19.1. The summed E-state index contributed by atoms with van der Waals surface area (Å²) in [6, 6.07) is 16.6. The Morgan fingerprint density at radius 3 is 2.38 bits per heavy atom. The normalized spacial score (nSPS) is 14.6. The number of rotatable bonds is 6. The fraction of sp³-hybridized carbons (Fsp3) is 0.273. The molecule has 0 bridgehead atoms. The Morgan fingerprint density at radius 1 is 0.931 bits per heavy atom. The molecule has 1 fully saturated rings. The van der Waals surface area contributed by atoms with Gasteiger partial charge in [-0.25, -0.2) is 9.37 Å². The highest BCUT2D eigenvalue weighted by Crippen LogP contribution is 2.21. The van der Waals surface area contributed by atoms with Gasteiger partial charge in [0, 0.05) is 50.3 Å². The van der Waals surface area contributed by atoms with Gasteiger partial charge in [-0.2, -0.15) is 4.98 Å². The summed E-state index contributed by atoms with van der Waals surface area (Å²) >= 11 is 0. The molecule has 1 aliphatic heterocycles. The summed E-state index contributed by atoms with van der Waals surface area (Å²) in [5.74, 6) is 1.00. The van der Waals surface area contributed by atoms with Crippen LogP contribution in [0.5, 0.6) is 0 Å². The van der Waals surface area contributed by atoms with Gasteiger partial charge in [-0.1, -0.05) is 12.1 Å². The minimum Gasteiger partial charge on any atom is -0.369 e. The van der Waals surface area contributed by atoms with Crippen molar-refractivity contribution in [2.75, 3.05) is 48.8 Å². The van der Waals surface area contributed by atoms with Crippen LogP contribution in [0.2, 0.25) is 0 Å². The number of hydrogen-bond donors (Lipinski definition) is 2. The lowest BCUT2D eigenvalue weighted by atomic mass is 10.2. The monoisotopic (exact) mass is 392 g/mol. The van der Waals surface area contributed by atoms with Gasteiger partial charge in [0.05, 0.1) is 0 Å². The topological polar surface area (TPSA) is 56.3 Å². The Kier molecular flexibility index (Phi) is 5.86. The molecule has 0 spiro atoms. The molecule has 1 aromatic heterocycles. The predicted octanol–water partition coefficient (Wildman–Crippen LogP) is 3.72. The third kappa shape index (κ3) is 5.20. The first-order valence-electron chi connectivity index (χ1n) is 9.78. The van der Waals surface area contributed by atoms with Gasteiger partial charge in [-0.15, -0.1) is 0 Å². The molecule has 0 amide bonds. The van der Waals surface area contributed by atoms with Crippen LogP contribution in [0.1, 0.15) is 5.56 Å². The van der Waals surface area contributed by atoms with Crippen LogP contribution >= 0.6 is 0 Å². The quantitative estimate of drug-likeness (QED) is 0.667. The van der Waals surface area contributed by atoms with Crippen LogP contribution in [-0.4, -0.2) is 48.1 Å². The number of hydrogen-bond acceptors (Lipinski definition) is 6. The molecule has 0 unspecified atom stereocenters. The van der Waals surface area contributed by atoms with Crippen molar-refractivity contribution in [1.82, 2.24) is 14.9 Å². The van der Waals surface area contributed by atoms with E-state index in [0.29, 0.717) is 18.3 Å². The van der Waals surface area contributed by atoms with Crippen molar-refractivity contribution < 1.29 is 4.39 Å². The summed E-state index contributed by atoms with van der Waals surface area (Å²) in [6.45, 7) is 4.84. The van der Waals surface area contributed by atoms with E-state index >= 15 is 0 Å². The third-order valence-corrected chi connectivity index (χ3v) is 5.03. The smallest absolute Gasteiger partial charge is 0.229 e. The predicted molar refractivity (Wildman–Crippen MR) is 115 cm³/mol. The van der Waals surface area contributed by atoms with Crippen LogP contribution in [0.3, 0.4) is 0 Å². The molecule has 29 heavy (non-hydrogen) atoms. The minimum atomic E-state index is -0.235. The Bertz CT molecular complexity index is 921. The number of piperazine rings is 1. The van der Waals surface area contributed by atoms with Crippen molar-refractivity contribution in [3.63, 3.8) is 0 Å². The first-order valence-corrected chi connectivity index (χ1v) is 9.78. The second-order valence-electron chi connectivity index (χ2n) is 7.21. The van der Waals surface area contributed by atoms with Gasteiger partial charge in [0.15, 0.2) is 0 Å². The van der Waals surface area contributed by atoms with Crippen LogP contribution < -0.4 is 15.5 Å². The zero-order valence-corrected chi connectivity index (χ0v) is 16.5. The summed E-state index contributed by atoms with van der Waals surface area (Å²) in [5.41, 5.74) is 3.16. The Hall–Kier alpha value is -3.19. The SMILES string of the molecule is CN1CCN(c2ccc(Nc3nccc(NCc4ccc(F)cc4)n3)cc2)CC1. The van der Waals surface area contributed by atoms with Crippen molar-refractivity contribution in [3.8, 4) is 0 Å². The molecule has 0 saturated carbocycles. The molecular weight excluding hydrogens is 367 g/mol. The Labute approximate surface area is 170 Å². The van der Waals surface area contributed by atoms with Crippen molar-refractivity contribution in [2.24, 2.45) is 0 Å². The molecule has 150 valence electrons. The van der Waals surface area contributed by atoms with Gasteiger partial charge in [0.1, 0.15) is 11.6 Å². The van der Waals surface area contributed by atoms with Crippen molar-refractivity contribution in [1.29, 1.82) is 0 Å². The molecule has 1 saturated heterocycles. The standard InChI is InChI=1S/C22H25FN6/c1-28-12-14-29(15-13-28)20-8-6-19(7-9-20)26-22-24-11-10-21(27-22)25-16-17-2-4-18(23)5-3-17/h2-11H,12-16H2,1H3,(H2,24,25,26,27). The number of anilines is 4. The van der Waals surface area contributed by atoms with Crippen molar-refractivity contribution in [3.05, 3.63) is 72.2 Å². The maximum atomic E-state index is 13.0. The van der Waals surface area contributed by atoms with E-state index in [1.54, 1.807) is 18.3 Å². The zero-order chi connectivity index (χ0) is 20.1. The first kappa shape index (κ1) is 19.1. The van der Waals surface area contributed by atoms with E-state index in [2.05, 4.69) is 61.7 Å². The molecule has 7 heteroatoms. The summed E-state index contributed by atoms with van der Waals surface area (Å²) in [4.78, 5) is 13.5. The molecule has 0 radical (unpaired) electrons. The second-order valence-corrected chi connectivity index (χ2v) is 7.21. The van der Waals surface area contributed by atoms with Crippen LogP contribution in [0.15, 0.2) is 60.8 Å². The molecule has 4 rings (SSSR count). The third-order valence-electron chi connectivity index (χ3n) is 5.03. The highest BCUT2D eigenvalue weighted by molar-refractivity contribution is 5.60. The van der Waals surface area contributed by atoms with E-state index in [0.717, 1.165) is 37.4 Å². The van der Waals surface area contributed by atoms with Gasteiger partial charge in [-0.3, -0.25) is 0 Å². The number of halogens is 1. The zero-order valence-electron chi connectivity index (χ0n) is 16.5. The van der Waals surface area contributed by atoms with Crippen LogP contribution in [-0.2, 0) is 6.54 Å². The van der Waals surface area contributed by atoms with E-state index in [1.807, 2.05) is 6.07 Å². The maximum Gasteiger partial charge on any atom is 0.229 e. The molecule has 0 atom stereocenters. The molecule has 6 nitrogen and oxygen atoms in total. The summed E-state index contributed by atoms with van der Waals surface area (Å²) in [7, 11) is 2.16. The van der Waals surface area contributed by atoms with Crippen LogP contribution in [0, 0.1) is 5.82 Å². The van der Waals surface area contributed by atoms with E-state index in [1.165, 1.54) is 17.8 Å². The highest BCUT2D eigenvalue weighted by Gasteiger charge is 2.14. The van der Waals surface area contributed by atoms with Crippen molar-refractivity contribution >= 4 is 23.1 Å². The van der Waals surface area contributed by atoms with Gasteiger partial charge >= 0.3 is 0 Å². The summed E-state index contributed by atoms with van der Waals surface area (Å²) < 4.78 is 13.0. The average molecular weight is 392 g/mol. The lowest BCUT2D eigenvalue weighted by Gasteiger charge is -2.34. The summed E-state index contributed by atoms with van der Waals surface area (Å²) in [5, 5.41) is 6.49. The Morgan fingerprint density at radius 2 is 1.66 bits per heavy atom. The number of aromatic nitrogens is 2. The fourth-order valence-corrected chi connectivity index (χ4v) is 3.26. The lowest BCUT2D eigenvalue weighted by Crippen LogP contribution is -2.44. The van der Waals surface area contributed by atoms with Gasteiger partial charge in [0.25, 0.3) is 0 Å². The fourth-order valence-electron chi connectivity index (χ4n) is 3.26.